The molecule has 7 nitrogen and oxygen atoms in total. The number of ether oxygens (including phenoxy) is 2. The summed E-state index contributed by atoms with van der Waals surface area (Å²) in [5.41, 5.74) is 1.18. The van der Waals surface area contributed by atoms with Crippen molar-refractivity contribution >= 4 is 17.5 Å². The van der Waals surface area contributed by atoms with Crippen molar-refractivity contribution in [2.75, 3.05) is 30.9 Å². The van der Waals surface area contributed by atoms with Gasteiger partial charge in [-0.25, -0.2) is 0 Å². The molecule has 1 atom stereocenters. The lowest BCUT2D eigenvalue weighted by Crippen LogP contribution is -2.27. The molecular weight excluding hydrogens is 320 g/mol. The second-order valence-electron chi connectivity index (χ2n) is 5.82. The highest BCUT2D eigenvalue weighted by atomic mass is 16.5. The summed E-state index contributed by atoms with van der Waals surface area (Å²) in [5, 5.41) is 14.0. The van der Waals surface area contributed by atoms with Crippen LogP contribution in [-0.2, 0) is 16.0 Å². The van der Waals surface area contributed by atoms with Crippen molar-refractivity contribution < 1.29 is 14.3 Å². The molecule has 132 valence electrons. The Morgan fingerprint density at radius 1 is 1.28 bits per heavy atom. The van der Waals surface area contributed by atoms with Crippen LogP contribution in [0, 0.1) is 0 Å². The highest BCUT2D eigenvalue weighted by molar-refractivity contribution is 5.93. The summed E-state index contributed by atoms with van der Waals surface area (Å²) in [6.45, 7) is 1.36. The third-order valence-corrected chi connectivity index (χ3v) is 3.99. The maximum absolute atomic E-state index is 12.0. The number of methoxy groups -OCH3 is 1. The largest absolute Gasteiger partial charge is 0.497 e. The first-order chi connectivity index (χ1) is 12.2. The summed E-state index contributed by atoms with van der Waals surface area (Å²) in [5.74, 6) is 1.78. The van der Waals surface area contributed by atoms with E-state index in [4.69, 9.17) is 9.47 Å². The average Bonchev–Trinajstić information content (AvgIpc) is 3.18. The molecule has 7 heteroatoms. The van der Waals surface area contributed by atoms with E-state index < -0.39 is 0 Å². The minimum atomic E-state index is -0.373. The number of nitrogens with zero attached hydrogens (tertiary/aromatic N) is 2. The van der Waals surface area contributed by atoms with Gasteiger partial charge >= 0.3 is 0 Å². The molecule has 1 fully saturated rings. The molecular formula is C18H22N4O3. The molecule has 2 N–H and O–H groups in total. The maximum Gasteiger partial charge on any atom is 0.254 e. The van der Waals surface area contributed by atoms with Gasteiger partial charge < -0.3 is 20.1 Å². The Morgan fingerprint density at radius 2 is 2.12 bits per heavy atom. The first kappa shape index (κ1) is 17.2. The van der Waals surface area contributed by atoms with Gasteiger partial charge in [-0.05, 0) is 49.1 Å². The number of carbonyl (C=O) groups excluding carboxylic acids is 1. The fourth-order valence-corrected chi connectivity index (χ4v) is 2.65. The molecule has 0 saturated carbocycles. The van der Waals surface area contributed by atoms with Crippen LogP contribution in [0.1, 0.15) is 18.4 Å². The predicted molar refractivity (Wildman–Crippen MR) is 94.8 cm³/mol. The van der Waals surface area contributed by atoms with Crippen molar-refractivity contribution in [2.24, 2.45) is 0 Å². The van der Waals surface area contributed by atoms with Gasteiger partial charge in [0.05, 0.1) is 7.11 Å². The van der Waals surface area contributed by atoms with Crippen molar-refractivity contribution in [3.8, 4) is 5.75 Å². The Bertz CT molecular complexity index is 700. The molecule has 0 aliphatic carbocycles. The number of nitrogens with one attached hydrogen (secondary N) is 2. The first-order valence-electron chi connectivity index (χ1n) is 8.37. The minimum absolute atomic E-state index is 0.162. The summed E-state index contributed by atoms with van der Waals surface area (Å²) in [7, 11) is 1.66. The van der Waals surface area contributed by atoms with Crippen molar-refractivity contribution in [2.45, 2.75) is 25.4 Å². The van der Waals surface area contributed by atoms with Gasteiger partial charge in [0, 0.05) is 13.2 Å². The van der Waals surface area contributed by atoms with Gasteiger partial charge in [0.2, 0.25) is 0 Å². The monoisotopic (exact) mass is 342 g/mol. The lowest BCUT2D eigenvalue weighted by molar-refractivity contribution is -0.124. The summed E-state index contributed by atoms with van der Waals surface area (Å²) in [4.78, 5) is 12.0. The lowest BCUT2D eigenvalue weighted by atomic mass is 10.1. The van der Waals surface area contributed by atoms with Gasteiger partial charge in [0.15, 0.2) is 5.82 Å². The third-order valence-electron chi connectivity index (χ3n) is 3.99. The zero-order valence-electron chi connectivity index (χ0n) is 14.2. The smallest absolute Gasteiger partial charge is 0.254 e. The number of carbonyl (C=O) groups is 1. The molecule has 0 spiro atoms. The molecule has 1 amide bonds. The highest BCUT2D eigenvalue weighted by Gasteiger charge is 2.23. The van der Waals surface area contributed by atoms with E-state index in [0.29, 0.717) is 18.2 Å². The van der Waals surface area contributed by atoms with Crippen LogP contribution in [0.25, 0.3) is 0 Å². The van der Waals surface area contributed by atoms with Crippen LogP contribution < -0.4 is 15.4 Å². The zero-order chi connectivity index (χ0) is 17.5. The van der Waals surface area contributed by atoms with E-state index in [-0.39, 0.29) is 12.0 Å². The summed E-state index contributed by atoms with van der Waals surface area (Å²) >= 11 is 0. The number of aromatic nitrogens is 2. The number of hydrogen-bond acceptors (Lipinski definition) is 6. The summed E-state index contributed by atoms with van der Waals surface area (Å²) in [6, 6.07) is 11.5. The third kappa shape index (κ3) is 4.90. The minimum Gasteiger partial charge on any atom is -0.497 e. The van der Waals surface area contributed by atoms with Crippen LogP contribution >= 0.6 is 0 Å². The fourth-order valence-electron chi connectivity index (χ4n) is 2.65. The Kier molecular flexibility index (Phi) is 5.79. The van der Waals surface area contributed by atoms with Crippen LogP contribution in [-0.4, -0.2) is 42.5 Å². The second-order valence-corrected chi connectivity index (χ2v) is 5.82. The molecule has 1 aromatic heterocycles. The number of amides is 1. The molecule has 1 saturated heterocycles. The van der Waals surface area contributed by atoms with Crippen LogP contribution in [0.5, 0.6) is 5.75 Å². The molecule has 1 aliphatic rings. The number of hydrogen-bond donors (Lipinski definition) is 2. The normalized spacial score (nSPS) is 16.4. The number of anilines is 2. The van der Waals surface area contributed by atoms with Crippen molar-refractivity contribution in [1.29, 1.82) is 0 Å². The quantitative estimate of drug-likeness (QED) is 0.803. The SMILES string of the molecule is COc1cccc(CCNc2ccc(NC(=O)C3CCCO3)nn2)c1. The molecule has 1 aliphatic heterocycles. The van der Waals surface area contributed by atoms with Gasteiger partial charge in [-0.3, -0.25) is 4.79 Å². The van der Waals surface area contributed by atoms with Crippen molar-refractivity contribution in [3.05, 3.63) is 42.0 Å². The average molecular weight is 342 g/mol. The lowest BCUT2D eigenvalue weighted by Gasteiger charge is -2.10. The Hall–Kier alpha value is -2.67. The van der Waals surface area contributed by atoms with E-state index in [0.717, 1.165) is 31.6 Å². The Morgan fingerprint density at radius 3 is 2.84 bits per heavy atom. The standard InChI is InChI=1S/C18H22N4O3/c1-24-14-5-2-4-13(12-14)9-10-19-16-7-8-17(22-21-16)20-18(23)15-6-3-11-25-15/h2,4-5,7-8,12,15H,3,6,9-11H2,1H3,(H,19,21)(H,20,22,23). The molecule has 3 rings (SSSR count). The molecule has 2 aromatic rings. The summed E-state index contributed by atoms with van der Waals surface area (Å²) < 4.78 is 10.6. The van der Waals surface area contributed by atoms with Gasteiger partial charge in [0.1, 0.15) is 17.7 Å². The molecule has 25 heavy (non-hydrogen) atoms. The van der Waals surface area contributed by atoms with E-state index in [1.165, 1.54) is 5.56 Å². The molecule has 1 unspecified atom stereocenters. The van der Waals surface area contributed by atoms with Gasteiger partial charge in [-0.15, -0.1) is 10.2 Å². The van der Waals surface area contributed by atoms with E-state index in [9.17, 15) is 4.79 Å². The van der Waals surface area contributed by atoms with Crippen molar-refractivity contribution in [3.63, 3.8) is 0 Å². The second kappa shape index (κ2) is 8.43. The molecule has 0 bridgehead atoms. The number of benzene rings is 1. The van der Waals surface area contributed by atoms with E-state index in [1.54, 1.807) is 19.2 Å². The van der Waals surface area contributed by atoms with Gasteiger partial charge in [-0.1, -0.05) is 12.1 Å². The maximum atomic E-state index is 12.0. The van der Waals surface area contributed by atoms with Gasteiger partial charge in [0.25, 0.3) is 5.91 Å². The topological polar surface area (TPSA) is 85.4 Å². The van der Waals surface area contributed by atoms with Crippen molar-refractivity contribution in [1.82, 2.24) is 10.2 Å². The fraction of sp³-hybridized carbons (Fsp3) is 0.389. The van der Waals surface area contributed by atoms with Crippen LogP contribution in [0.2, 0.25) is 0 Å². The van der Waals surface area contributed by atoms with Crippen LogP contribution in [0.15, 0.2) is 36.4 Å². The number of rotatable bonds is 7. The first-order valence-corrected chi connectivity index (χ1v) is 8.37. The van der Waals surface area contributed by atoms with E-state index in [2.05, 4.69) is 26.9 Å². The van der Waals surface area contributed by atoms with E-state index in [1.807, 2.05) is 18.2 Å². The zero-order valence-corrected chi connectivity index (χ0v) is 14.2. The van der Waals surface area contributed by atoms with Gasteiger partial charge in [-0.2, -0.15) is 0 Å². The molecule has 2 heterocycles. The van der Waals surface area contributed by atoms with Crippen LogP contribution in [0.3, 0.4) is 0 Å². The molecule has 0 radical (unpaired) electrons. The Labute approximate surface area is 146 Å². The molecule has 1 aromatic carbocycles. The van der Waals surface area contributed by atoms with E-state index >= 15 is 0 Å². The Balaban J connectivity index is 1.46. The summed E-state index contributed by atoms with van der Waals surface area (Å²) in [6.07, 6.45) is 2.14. The van der Waals surface area contributed by atoms with Crippen LogP contribution in [0.4, 0.5) is 11.6 Å². The highest BCUT2D eigenvalue weighted by Crippen LogP contribution is 2.15. The predicted octanol–water partition coefficient (Wildman–Crippen LogP) is 2.26.